The molecule has 1 aliphatic rings. The van der Waals surface area contributed by atoms with Gasteiger partial charge in [-0.05, 0) is 32.9 Å². The minimum atomic E-state index is -0.446. The number of furan rings is 1. The van der Waals surface area contributed by atoms with Crippen molar-refractivity contribution < 1.29 is 13.9 Å². The zero-order valence-corrected chi connectivity index (χ0v) is 11.8. The predicted molar refractivity (Wildman–Crippen MR) is 72.0 cm³/mol. The Morgan fingerprint density at radius 1 is 1.58 bits per heavy atom. The molecule has 1 amide bonds. The first-order chi connectivity index (χ1) is 8.94. The highest BCUT2D eigenvalue weighted by molar-refractivity contribution is 5.68. The van der Waals surface area contributed by atoms with Gasteiger partial charge in [-0.1, -0.05) is 0 Å². The molecule has 1 aliphatic heterocycles. The lowest BCUT2D eigenvalue weighted by molar-refractivity contribution is 0.0194. The van der Waals surface area contributed by atoms with Crippen LogP contribution in [0.2, 0.25) is 0 Å². The van der Waals surface area contributed by atoms with E-state index in [-0.39, 0.29) is 12.1 Å². The summed E-state index contributed by atoms with van der Waals surface area (Å²) in [5, 5.41) is 3.40. The lowest BCUT2D eigenvalue weighted by Crippen LogP contribution is -2.54. The van der Waals surface area contributed by atoms with E-state index in [0.29, 0.717) is 13.1 Å². The van der Waals surface area contributed by atoms with Crippen molar-refractivity contribution in [3.63, 3.8) is 0 Å². The van der Waals surface area contributed by atoms with Crippen LogP contribution in [0.5, 0.6) is 0 Å². The molecule has 1 N–H and O–H groups in total. The second kappa shape index (κ2) is 5.65. The summed E-state index contributed by atoms with van der Waals surface area (Å²) in [5.41, 5.74) is -0.446. The molecule has 106 valence electrons. The van der Waals surface area contributed by atoms with E-state index < -0.39 is 5.60 Å². The third kappa shape index (κ3) is 4.28. The van der Waals surface area contributed by atoms with Crippen LogP contribution in [0.4, 0.5) is 4.79 Å². The Morgan fingerprint density at radius 3 is 3.00 bits per heavy atom. The van der Waals surface area contributed by atoms with Crippen LogP contribution in [0.1, 0.15) is 26.5 Å². The lowest BCUT2D eigenvalue weighted by Gasteiger charge is -2.34. The van der Waals surface area contributed by atoms with E-state index >= 15 is 0 Å². The molecule has 1 unspecified atom stereocenters. The molecule has 0 aliphatic carbocycles. The van der Waals surface area contributed by atoms with Gasteiger partial charge in [0, 0.05) is 32.1 Å². The van der Waals surface area contributed by atoms with Gasteiger partial charge >= 0.3 is 6.09 Å². The van der Waals surface area contributed by atoms with Gasteiger partial charge in [0.15, 0.2) is 0 Å². The molecule has 1 atom stereocenters. The highest BCUT2D eigenvalue weighted by Gasteiger charge is 2.27. The number of hydrogen-bond donors (Lipinski definition) is 1. The first-order valence-corrected chi connectivity index (χ1v) is 6.68. The van der Waals surface area contributed by atoms with E-state index in [2.05, 4.69) is 5.32 Å². The Bertz CT molecular complexity index is 409. The highest BCUT2D eigenvalue weighted by Crippen LogP contribution is 2.13. The molecule has 0 saturated carbocycles. The number of amides is 1. The fraction of sp³-hybridized carbons (Fsp3) is 0.643. The summed E-state index contributed by atoms with van der Waals surface area (Å²) in [5.74, 6) is 0.934. The first kappa shape index (κ1) is 13.9. The number of nitrogens with one attached hydrogen (secondary N) is 1. The summed E-state index contributed by atoms with van der Waals surface area (Å²) in [4.78, 5) is 13.8. The molecule has 0 aromatic carbocycles. The van der Waals surface area contributed by atoms with Gasteiger partial charge in [-0.25, -0.2) is 4.79 Å². The number of ether oxygens (including phenoxy) is 1. The Kier molecular flexibility index (Phi) is 4.14. The summed E-state index contributed by atoms with van der Waals surface area (Å²) in [7, 11) is 0. The van der Waals surface area contributed by atoms with Crippen LogP contribution in [-0.4, -0.2) is 42.3 Å². The van der Waals surface area contributed by atoms with Crippen molar-refractivity contribution in [2.45, 2.75) is 38.8 Å². The van der Waals surface area contributed by atoms with E-state index in [1.807, 2.05) is 32.9 Å². The molecular weight excluding hydrogens is 244 g/mol. The molecule has 2 rings (SSSR count). The highest BCUT2D eigenvalue weighted by atomic mass is 16.6. The second-order valence-corrected chi connectivity index (χ2v) is 5.86. The normalized spacial score (nSPS) is 20.4. The van der Waals surface area contributed by atoms with Gasteiger partial charge < -0.3 is 19.4 Å². The topological polar surface area (TPSA) is 54.7 Å². The first-order valence-electron chi connectivity index (χ1n) is 6.68. The lowest BCUT2D eigenvalue weighted by atomic mass is 10.1. The summed E-state index contributed by atoms with van der Waals surface area (Å²) in [6, 6.07) is 4.05. The van der Waals surface area contributed by atoms with Crippen LogP contribution in [0, 0.1) is 0 Å². The molecular formula is C14H22N2O3. The van der Waals surface area contributed by atoms with Crippen molar-refractivity contribution in [3.8, 4) is 0 Å². The van der Waals surface area contributed by atoms with Crippen LogP contribution in [0.25, 0.3) is 0 Å². The molecule has 5 heteroatoms. The van der Waals surface area contributed by atoms with Gasteiger partial charge in [0.05, 0.1) is 6.26 Å². The maximum atomic E-state index is 12.0. The second-order valence-electron chi connectivity index (χ2n) is 5.86. The molecule has 19 heavy (non-hydrogen) atoms. The number of hydrogen-bond acceptors (Lipinski definition) is 4. The molecule has 1 fully saturated rings. The van der Waals surface area contributed by atoms with E-state index in [0.717, 1.165) is 18.7 Å². The quantitative estimate of drug-likeness (QED) is 0.890. The monoisotopic (exact) mass is 266 g/mol. The van der Waals surface area contributed by atoms with Gasteiger partial charge in [0.2, 0.25) is 0 Å². The summed E-state index contributed by atoms with van der Waals surface area (Å²) >= 11 is 0. The number of carbonyl (C=O) groups excluding carboxylic acids is 1. The fourth-order valence-corrected chi connectivity index (χ4v) is 2.13. The van der Waals surface area contributed by atoms with Crippen molar-refractivity contribution in [1.82, 2.24) is 10.2 Å². The zero-order valence-electron chi connectivity index (χ0n) is 11.8. The van der Waals surface area contributed by atoms with E-state index in [1.165, 1.54) is 0 Å². The fourth-order valence-electron chi connectivity index (χ4n) is 2.13. The molecule has 0 radical (unpaired) electrons. The molecule has 5 nitrogen and oxygen atoms in total. The van der Waals surface area contributed by atoms with Crippen LogP contribution in [-0.2, 0) is 11.2 Å². The maximum Gasteiger partial charge on any atom is 0.410 e. The number of rotatable bonds is 2. The number of piperazine rings is 1. The summed E-state index contributed by atoms with van der Waals surface area (Å²) in [6.07, 6.45) is 2.22. The SMILES string of the molecule is CC(C)(C)OC(=O)N1CCNC(Cc2ccco2)C1. The Labute approximate surface area is 113 Å². The van der Waals surface area contributed by atoms with Crippen molar-refractivity contribution in [2.24, 2.45) is 0 Å². The van der Waals surface area contributed by atoms with Gasteiger partial charge in [-0.2, -0.15) is 0 Å². The van der Waals surface area contributed by atoms with E-state index in [4.69, 9.17) is 9.15 Å². The smallest absolute Gasteiger partial charge is 0.410 e. The molecule has 0 bridgehead atoms. The Balaban J connectivity index is 1.88. The van der Waals surface area contributed by atoms with E-state index in [1.54, 1.807) is 11.2 Å². The van der Waals surface area contributed by atoms with Gasteiger partial charge in [0.25, 0.3) is 0 Å². The number of nitrogens with zero attached hydrogens (tertiary/aromatic N) is 1. The zero-order chi connectivity index (χ0) is 13.9. The van der Waals surface area contributed by atoms with Crippen molar-refractivity contribution in [3.05, 3.63) is 24.2 Å². The Hall–Kier alpha value is -1.49. The molecule has 1 saturated heterocycles. The van der Waals surface area contributed by atoms with Gasteiger partial charge in [0.1, 0.15) is 11.4 Å². The number of carbonyl (C=O) groups is 1. The average molecular weight is 266 g/mol. The molecule has 0 spiro atoms. The van der Waals surface area contributed by atoms with Crippen LogP contribution in [0.15, 0.2) is 22.8 Å². The van der Waals surface area contributed by atoms with Crippen molar-refractivity contribution >= 4 is 6.09 Å². The largest absolute Gasteiger partial charge is 0.469 e. The van der Waals surface area contributed by atoms with Gasteiger partial charge in [-0.15, -0.1) is 0 Å². The molecule has 2 heterocycles. The summed E-state index contributed by atoms with van der Waals surface area (Å²) in [6.45, 7) is 7.76. The van der Waals surface area contributed by atoms with Crippen molar-refractivity contribution in [1.29, 1.82) is 0 Å². The standard InChI is InChI=1S/C14H22N2O3/c1-14(2,3)19-13(17)16-7-6-15-11(10-16)9-12-5-4-8-18-12/h4-5,8,11,15H,6-7,9-10H2,1-3H3. The molecule has 1 aromatic heterocycles. The third-order valence-corrected chi connectivity index (χ3v) is 2.93. The van der Waals surface area contributed by atoms with Gasteiger partial charge in [-0.3, -0.25) is 0 Å². The van der Waals surface area contributed by atoms with Crippen LogP contribution in [0.3, 0.4) is 0 Å². The third-order valence-electron chi connectivity index (χ3n) is 2.93. The van der Waals surface area contributed by atoms with Crippen LogP contribution < -0.4 is 5.32 Å². The summed E-state index contributed by atoms with van der Waals surface area (Å²) < 4.78 is 10.7. The average Bonchev–Trinajstić information content (AvgIpc) is 2.80. The van der Waals surface area contributed by atoms with Crippen LogP contribution >= 0.6 is 0 Å². The van der Waals surface area contributed by atoms with Crippen molar-refractivity contribution in [2.75, 3.05) is 19.6 Å². The minimum absolute atomic E-state index is 0.215. The Morgan fingerprint density at radius 2 is 2.37 bits per heavy atom. The molecule has 1 aromatic rings. The maximum absolute atomic E-state index is 12.0. The predicted octanol–water partition coefficient (Wildman–Crippen LogP) is 2.03. The van der Waals surface area contributed by atoms with E-state index in [9.17, 15) is 4.79 Å². The minimum Gasteiger partial charge on any atom is -0.469 e.